The standard InChI is InChI=1S/C16H15FO2/c1-2-19-16(12-7-4-3-5-8-12)15(18)13-9-6-10-14(17)11-13/h3-11,16H,2H2,1H3. The number of ketones is 1. The fourth-order valence-corrected chi connectivity index (χ4v) is 1.91. The number of rotatable bonds is 5. The molecule has 2 aromatic rings. The highest BCUT2D eigenvalue weighted by Gasteiger charge is 2.22. The molecule has 98 valence electrons. The number of carbonyl (C=O) groups is 1. The Balaban J connectivity index is 2.32. The van der Waals surface area contributed by atoms with E-state index in [4.69, 9.17) is 4.74 Å². The Kier molecular flexibility index (Phi) is 4.42. The number of ether oxygens (including phenoxy) is 1. The predicted molar refractivity (Wildman–Crippen MR) is 71.5 cm³/mol. The quantitative estimate of drug-likeness (QED) is 0.763. The van der Waals surface area contributed by atoms with Crippen LogP contribution in [0.3, 0.4) is 0 Å². The minimum absolute atomic E-state index is 0.229. The van der Waals surface area contributed by atoms with E-state index in [0.717, 1.165) is 5.56 Å². The Morgan fingerprint density at radius 2 is 1.89 bits per heavy atom. The molecule has 0 aliphatic heterocycles. The lowest BCUT2D eigenvalue weighted by Gasteiger charge is -2.16. The van der Waals surface area contributed by atoms with E-state index in [-0.39, 0.29) is 5.78 Å². The molecule has 2 rings (SSSR count). The van der Waals surface area contributed by atoms with Crippen molar-refractivity contribution in [3.63, 3.8) is 0 Å². The average Bonchev–Trinajstić information content (AvgIpc) is 2.45. The Morgan fingerprint density at radius 1 is 1.16 bits per heavy atom. The topological polar surface area (TPSA) is 26.3 Å². The zero-order chi connectivity index (χ0) is 13.7. The number of benzene rings is 2. The largest absolute Gasteiger partial charge is 0.366 e. The molecule has 0 spiro atoms. The third-order valence-corrected chi connectivity index (χ3v) is 2.78. The van der Waals surface area contributed by atoms with Crippen molar-refractivity contribution in [2.45, 2.75) is 13.0 Å². The predicted octanol–water partition coefficient (Wildman–Crippen LogP) is 3.79. The van der Waals surface area contributed by atoms with Crippen molar-refractivity contribution < 1.29 is 13.9 Å². The molecule has 0 saturated carbocycles. The summed E-state index contributed by atoms with van der Waals surface area (Å²) in [5.74, 6) is -0.651. The van der Waals surface area contributed by atoms with Crippen LogP contribution >= 0.6 is 0 Å². The van der Waals surface area contributed by atoms with Gasteiger partial charge in [-0.2, -0.15) is 0 Å². The maximum atomic E-state index is 13.2. The SMILES string of the molecule is CCOC(C(=O)c1cccc(F)c1)c1ccccc1. The van der Waals surface area contributed by atoms with E-state index < -0.39 is 11.9 Å². The van der Waals surface area contributed by atoms with Crippen LogP contribution in [0.4, 0.5) is 4.39 Å². The van der Waals surface area contributed by atoms with Gasteiger partial charge in [0, 0.05) is 12.2 Å². The fraction of sp³-hybridized carbons (Fsp3) is 0.188. The molecule has 3 heteroatoms. The molecular formula is C16H15FO2. The van der Waals surface area contributed by atoms with E-state index in [9.17, 15) is 9.18 Å². The number of Topliss-reactive ketones (excluding diaryl/α,β-unsaturated/α-hetero) is 1. The molecule has 0 radical (unpaired) electrons. The molecule has 0 bridgehead atoms. The van der Waals surface area contributed by atoms with Crippen molar-refractivity contribution >= 4 is 5.78 Å². The van der Waals surface area contributed by atoms with E-state index in [1.165, 1.54) is 18.2 Å². The van der Waals surface area contributed by atoms with Crippen LogP contribution in [0, 0.1) is 5.82 Å². The van der Waals surface area contributed by atoms with E-state index in [1.54, 1.807) is 6.07 Å². The fourth-order valence-electron chi connectivity index (χ4n) is 1.91. The molecule has 19 heavy (non-hydrogen) atoms. The van der Waals surface area contributed by atoms with Crippen LogP contribution in [0.2, 0.25) is 0 Å². The molecule has 0 fully saturated rings. The molecule has 0 N–H and O–H groups in total. The number of hydrogen-bond donors (Lipinski definition) is 0. The average molecular weight is 258 g/mol. The van der Waals surface area contributed by atoms with Gasteiger partial charge in [-0.25, -0.2) is 4.39 Å². The Morgan fingerprint density at radius 3 is 2.53 bits per heavy atom. The molecule has 2 nitrogen and oxygen atoms in total. The Hall–Kier alpha value is -2.00. The van der Waals surface area contributed by atoms with Crippen LogP contribution in [-0.2, 0) is 4.74 Å². The Labute approximate surface area is 111 Å². The maximum Gasteiger partial charge on any atom is 0.196 e. The van der Waals surface area contributed by atoms with Gasteiger partial charge >= 0.3 is 0 Å². The smallest absolute Gasteiger partial charge is 0.196 e. The van der Waals surface area contributed by atoms with Crippen molar-refractivity contribution in [1.82, 2.24) is 0 Å². The number of hydrogen-bond acceptors (Lipinski definition) is 2. The lowest BCUT2D eigenvalue weighted by molar-refractivity contribution is 0.0452. The van der Waals surface area contributed by atoms with Gasteiger partial charge in [0.2, 0.25) is 0 Å². The zero-order valence-corrected chi connectivity index (χ0v) is 10.7. The summed E-state index contributed by atoms with van der Waals surface area (Å²) in [6.07, 6.45) is -0.687. The third kappa shape index (κ3) is 3.26. The molecule has 0 aliphatic rings. The molecule has 0 saturated heterocycles. The molecule has 2 aromatic carbocycles. The van der Waals surface area contributed by atoms with Gasteiger partial charge in [0.15, 0.2) is 5.78 Å². The maximum absolute atomic E-state index is 13.2. The second kappa shape index (κ2) is 6.25. The highest BCUT2D eigenvalue weighted by atomic mass is 19.1. The summed E-state index contributed by atoms with van der Waals surface area (Å²) in [4.78, 5) is 12.4. The van der Waals surface area contributed by atoms with Crippen LogP contribution in [0.5, 0.6) is 0 Å². The van der Waals surface area contributed by atoms with Gasteiger partial charge < -0.3 is 4.74 Å². The highest BCUT2D eigenvalue weighted by molar-refractivity contribution is 6.00. The summed E-state index contributed by atoms with van der Waals surface area (Å²) in [6.45, 7) is 2.25. The first-order valence-corrected chi connectivity index (χ1v) is 6.18. The van der Waals surface area contributed by atoms with Gasteiger partial charge in [-0.05, 0) is 24.6 Å². The van der Waals surface area contributed by atoms with Crippen LogP contribution in [0.25, 0.3) is 0 Å². The summed E-state index contributed by atoms with van der Waals surface area (Å²) in [5, 5.41) is 0. The van der Waals surface area contributed by atoms with Gasteiger partial charge in [-0.15, -0.1) is 0 Å². The van der Waals surface area contributed by atoms with Gasteiger partial charge in [-0.3, -0.25) is 4.79 Å². The van der Waals surface area contributed by atoms with E-state index >= 15 is 0 Å². The van der Waals surface area contributed by atoms with Gasteiger partial charge in [0.1, 0.15) is 11.9 Å². The second-order valence-electron chi connectivity index (χ2n) is 4.12. The molecule has 0 amide bonds. The van der Waals surface area contributed by atoms with Crippen LogP contribution in [-0.4, -0.2) is 12.4 Å². The first-order valence-electron chi connectivity index (χ1n) is 6.18. The van der Waals surface area contributed by atoms with Crippen molar-refractivity contribution in [1.29, 1.82) is 0 Å². The monoisotopic (exact) mass is 258 g/mol. The van der Waals surface area contributed by atoms with Gasteiger partial charge in [0.25, 0.3) is 0 Å². The third-order valence-electron chi connectivity index (χ3n) is 2.78. The van der Waals surface area contributed by atoms with E-state index in [1.807, 2.05) is 37.3 Å². The molecule has 0 heterocycles. The molecule has 1 atom stereocenters. The minimum Gasteiger partial charge on any atom is -0.366 e. The van der Waals surface area contributed by atoms with E-state index in [2.05, 4.69) is 0 Å². The Bertz CT molecular complexity index is 552. The van der Waals surface area contributed by atoms with Crippen LogP contribution < -0.4 is 0 Å². The summed E-state index contributed by atoms with van der Waals surface area (Å²) < 4.78 is 18.7. The van der Waals surface area contributed by atoms with Crippen molar-refractivity contribution in [3.05, 3.63) is 71.5 Å². The van der Waals surface area contributed by atoms with Crippen LogP contribution in [0.1, 0.15) is 28.9 Å². The molecule has 0 aliphatic carbocycles. The summed E-state index contributed by atoms with van der Waals surface area (Å²) in [5.41, 5.74) is 1.10. The number of carbonyl (C=O) groups excluding carboxylic acids is 1. The van der Waals surface area contributed by atoms with Gasteiger partial charge in [-0.1, -0.05) is 42.5 Å². The highest BCUT2D eigenvalue weighted by Crippen LogP contribution is 2.22. The number of halogens is 1. The summed E-state index contributed by atoms with van der Waals surface area (Å²) in [7, 11) is 0. The van der Waals surface area contributed by atoms with Crippen molar-refractivity contribution in [3.8, 4) is 0 Å². The van der Waals surface area contributed by atoms with Crippen molar-refractivity contribution in [2.24, 2.45) is 0 Å². The molecular weight excluding hydrogens is 243 g/mol. The van der Waals surface area contributed by atoms with Crippen molar-refractivity contribution in [2.75, 3.05) is 6.61 Å². The summed E-state index contributed by atoms with van der Waals surface area (Å²) >= 11 is 0. The van der Waals surface area contributed by atoms with Gasteiger partial charge in [0.05, 0.1) is 0 Å². The first-order chi connectivity index (χ1) is 9.22. The normalized spacial score (nSPS) is 12.1. The van der Waals surface area contributed by atoms with Crippen LogP contribution in [0.15, 0.2) is 54.6 Å². The van der Waals surface area contributed by atoms with E-state index in [0.29, 0.717) is 12.2 Å². The minimum atomic E-state index is -0.687. The molecule has 0 aromatic heterocycles. The molecule has 1 unspecified atom stereocenters. The zero-order valence-electron chi connectivity index (χ0n) is 10.7. The second-order valence-corrected chi connectivity index (χ2v) is 4.12. The summed E-state index contributed by atoms with van der Waals surface area (Å²) in [6, 6.07) is 14.9. The lowest BCUT2D eigenvalue weighted by atomic mass is 10.00. The lowest BCUT2D eigenvalue weighted by Crippen LogP contribution is -2.16. The first kappa shape index (κ1) is 13.4.